The van der Waals surface area contributed by atoms with Crippen molar-refractivity contribution in [2.75, 3.05) is 11.9 Å². The molecule has 2 aromatic heterocycles. The van der Waals surface area contributed by atoms with Gasteiger partial charge in [0, 0.05) is 24.0 Å². The Balaban J connectivity index is 1.71. The second kappa shape index (κ2) is 5.32. The molecule has 96 valence electrons. The summed E-state index contributed by atoms with van der Waals surface area (Å²) in [7, 11) is 0. The van der Waals surface area contributed by atoms with Crippen molar-refractivity contribution in [1.82, 2.24) is 15.0 Å². The van der Waals surface area contributed by atoms with Gasteiger partial charge in [0.2, 0.25) is 0 Å². The highest BCUT2D eigenvalue weighted by molar-refractivity contribution is 7.09. The second-order valence-electron chi connectivity index (χ2n) is 4.40. The molecule has 1 aromatic carbocycles. The fourth-order valence-corrected chi connectivity index (χ4v) is 2.56. The third kappa shape index (κ3) is 2.71. The van der Waals surface area contributed by atoms with E-state index in [-0.39, 0.29) is 0 Å². The summed E-state index contributed by atoms with van der Waals surface area (Å²) in [5.74, 6) is 1.18. The summed E-state index contributed by atoms with van der Waals surface area (Å²) in [6, 6.07) is 7.87. The first-order valence-corrected chi connectivity index (χ1v) is 7.06. The van der Waals surface area contributed by atoms with Crippen LogP contribution in [0.15, 0.2) is 42.0 Å². The van der Waals surface area contributed by atoms with Gasteiger partial charge >= 0.3 is 0 Å². The molecule has 5 heteroatoms. The number of anilines is 1. The van der Waals surface area contributed by atoms with Gasteiger partial charge in [-0.05, 0) is 12.1 Å². The van der Waals surface area contributed by atoms with Crippen molar-refractivity contribution in [3.63, 3.8) is 0 Å². The summed E-state index contributed by atoms with van der Waals surface area (Å²) < 4.78 is 0. The van der Waals surface area contributed by atoms with Crippen LogP contribution in [0.25, 0.3) is 11.0 Å². The van der Waals surface area contributed by atoms with Crippen LogP contribution in [0.1, 0.15) is 17.8 Å². The lowest BCUT2D eigenvalue weighted by Gasteiger charge is -2.10. The molecule has 0 amide bonds. The average Bonchev–Trinajstić information content (AvgIpc) is 2.99. The van der Waals surface area contributed by atoms with Gasteiger partial charge in [0.1, 0.15) is 5.82 Å². The molecule has 1 N–H and O–H groups in total. The van der Waals surface area contributed by atoms with Gasteiger partial charge in [-0.2, -0.15) is 0 Å². The van der Waals surface area contributed by atoms with Crippen LogP contribution >= 0.6 is 11.3 Å². The minimum absolute atomic E-state index is 0.369. The average molecular weight is 270 g/mol. The first-order chi connectivity index (χ1) is 9.33. The number of aromatic nitrogens is 3. The highest BCUT2D eigenvalue weighted by Gasteiger charge is 2.08. The Bertz CT molecular complexity index is 666. The van der Waals surface area contributed by atoms with Crippen LogP contribution in [-0.2, 0) is 0 Å². The Labute approximate surface area is 115 Å². The molecule has 0 aliphatic carbocycles. The number of para-hydroxylation sites is 2. The standard InChI is InChI=1S/C14H14N4S/c1-10(14-15-6-7-19-14)8-17-13-9-16-11-4-2-3-5-12(11)18-13/h2-7,9-10H,8H2,1H3,(H,17,18). The van der Waals surface area contributed by atoms with Gasteiger partial charge in [-0.1, -0.05) is 19.1 Å². The maximum absolute atomic E-state index is 4.54. The van der Waals surface area contributed by atoms with E-state index >= 15 is 0 Å². The molecule has 0 saturated carbocycles. The number of hydrogen-bond acceptors (Lipinski definition) is 5. The monoisotopic (exact) mass is 270 g/mol. The molecule has 3 rings (SSSR count). The number of nitrogens with zero attached hydrogens (tertiary/aromatic N) is 3. The lowest BCUT2D eigenvalue weighted by atomic mass is 10.2. The summed E-state index contributed by atoms with van der Waals surface area (Å²) in [5, 5.41) is 6.46. The smallest absolute Gasteiger partial charge is 0.145 e. The zero-order valence-electron chi connectivity index (χ0n) is 10.6. The SMILES string of the molecule is CC(CNc1cnc2ccccc2n1)c1nccs1. The predicted octanol–water partition coefficient (Wildman–Crippen LogP) is 3.30. The number of hydrogen-bond donors (Lipinski definition) is 1. The quantitative estimate of drug-likeness (QED) is 0.790. The fourth-order valence-electron chi connectivity index (χ4n) is 1.87. The van der Waals surface area contributed by atoms with Crippen LogP contribution in [-0.4, -0.2) is 21.5 Å². The molecule has 2 heterocycles. The summed E-state index contributed by atoms with van der Waals surface area (Å²) in [4.78, 5) is 13.2. The number of benzene rings is 1. The van der Waals surface area contributed by atoms with Crippen molar-refractivity contribution in [3.8, 4) is 0 Å². The van der Waals surface area contributed by atoms with Gasteiger partial charge in [-0.15, -0.1) is 11.3 Å². The molecule has 19 heavy (non-hydrogen) atoms. The van der Waals surface area contributed by atoms with Crippen molar-refractivity contribution in [1.29, 1.82) is 0 Å². The zero-order chi connectivity index (χ0) is 13.1. The molecule has 4 nitrogen and oxygen atoms in total. The van der Waals surface area contributed by atoms with Crippen molar-refractivity contribution in [3.05, 3.63) is 47.0 Å². The zero-order valence-corrected chi connectivity index (χ0v) is 11.4. The number of nitrogens with one attached hydrogen (secondary N) is 1. The lowest BCUT2D eigenvalue weighted by Crippen LogP contribution is -2.10. The van der Waals surface area contributed by atoms with E-state index in [1.807, 2.05) is 35.8 Å². The normalized spacial score (nSPS) is 12.5. The van der Waals surface area contributed by atoms with Gasteiger partial charge in [0.05, 0.1) is 22.2 Å². The van der Waals surface area contributed by atoms with Crippen LogP contribution in [0.5, 0.6) is 0 Å². The molecule has 3 aromatic rings. The van der Waals surface area contributed by atoms with E-state index in [1.54, 1.807) is 17.5 Å². The first kappa shape index (κ1) is 12.0. The largest absolute Gasteiger partial charge is 0.368 e. The van der Waals surface area contributed by atoms with E-state index < -0.39 is 0 Å². The molecule has 0 saturated heterocycles. The van der Waals surface area contributed by atoms with Gasteiger partial charge in [0.25, 0.3) is 0 Å². The summed E-state index contributed by atoms with van der Waals surface area (Å²) in [6.07, 6.45) is 3.61. The molecule has 1 atom stereocenters. The van der Waals surface area contributed by atoms with Gasteiger partial charge < -0.3 is 5.32 Å². The predicted molar refractivity (Wildman–Crippen MR) is 78.6 cm³/mol. The number of fused-ring (bicyclic) bond motifs is 1. The summed E-state index contributed by atoms with van der Waals surface area (Å²) in [6.45, 7) is 2.96. The molecule has 0 fully saturated rings. The van der Waals surface area contributed by atoms with E-state index in [0.29, 0.717) is 5.92 Å². The minimum atomic E-state index is 0.369. The van der Waals surface area contributed by atoms with Gasteiger partial charge in [0.15, 0.2) is 0 Å². The Kier molecular flexibility index (Phi) is 3.37. The van der Waals surface area contributed by atoms with E-state index in [1.165, 1.54) is 0 Å². The van der Waals surface area contributed by atoms with Crippen molar-refractivity contribution in [2.45, 2.75) is 12.8 Å². The van der Waals surface area contributed by atoms with E-state index in [2.05, 4.69) is 27.2 Å². The molecule has 0 spiro atoms. The minimum Gasteiger partial charge on any atom is -0.368 e. The maximum Gasteiger partial charge on any atom is 0.145 e. The summed E-state index contributed by atoms with van der Waals surface area (Å²) >= 11 is 1.68. The Morgan fingerprint density at radius 2 is 2.05 bits per heavy atom. The van der Waals surface area contributed by atoms with Crippen LogP contribution in [0, 0.1) is 0 Å². The molecule has 0 bridgehead atoms. The van der Waals surface area contributed by atoms with E-state index in [9.17, 15) is 0 Å². The van der Waals surface area contributed by atoms with Crippen molar-refractivity contribution in [2.24, 2.45) is 0 Å². The van der Waals surface area contributed by atoms with Gasteiger partial charge in [-0.3, -0.25) is 4.98 Å². The van der Waals surface area contributed by atoms with Crippen LogP contribution in [0.2, 0.25) is 0 Å². The highest BCUT2D eigenvalue weighted by Crippen LogP contribution is 2.18. The maximum atomic E-state index is 4.54. The van der Waals surface area contributed by atoms with Crippen molar-refractivity contribution >= 4 is 28.2 Å². The second-order valence-corrected chi connectivity index (χ2v) is 5.32. The molecular formula is C14H14N4S. The Morgan fingerprint density at radius 3 is 2.84 bits per heavy atom. The third-order valence-corrected chi connectivity index (χ3v) is 3.92. The summed E-state index contributed by atoms with van der Waals surface area (Å²) in [5.41, 5.74) is 1.83. The van der Waals surface area contributed by atoms with Gasteiger partial charge in [-0.25, -0.2) is 9.97 Å². The van der Waals surface area contributed by atoms with E-state index in [4.69, 9.17) is 0 Å². The molecular weight excluding hydrogens is 256 g/mol. The first-order valence-electron chi connectivity index (χ1n) is 6.18. The fraction of sp³-hybridized carbons (Fsp3) is 0.214. The molecule has 0 aliphatic rings. The molecule has 1 unspecified atom stereocenters. The Hall–Kier alpha value is -2.01. The Morgan fingerprint density at radius 1 is 1.21 bits per heavy atom. The van der Waals surface area contributed by atoms with E-state index in [0.717, 1.165) is 28.4 Å². The van der Waals surface area contributed by atoms with Crippen LogP contribution in [0.4, 0.5) is 5.82 Å². The molecule has 0 aliphatic heterocycles. The molecule has 0 radical (unpaired) electrons. The van der Waals surface area contributed by atoms with Crippen LogP contribution < -0.4 is 5.32 Å². The topological polar surface area (TPSA) is 50.7 Å². The number of thiazole rings is 1. The highest BCUT2D eigenvalue weighted by atomic mass is 32.1. The third-order valence-electron chi connectivity index (χ3n) is 2.91. The number of rotatable bonds is 4. The lowest BCUT2D eigenvalue weighted by molar-refractivity contribution is 0.792. The van der Waals surface area contributed by atoms with Crippen molar-refractivity contribution < 1.29 is 0 Å². The van der Waals surface area contributed by atoms with Crippen LogP contribution in [0.3, 0.4) is 0 Å².